The molecule has 38 heavy (non-hydrogen) atoms. The van der Waals surface area contributed by atoms with Crippen LogP contribution in [0.5, 0.6) is 0 Å². The Morgan fingerprint density at radius 2 is 2.18 bits per heavy atom. The third kappa shape index (κ3) is 4.68. The van der Waals surface area contributed by atoms with Crippen LogP contribution in [0.15, 0.2) is 53.3 Å². The van der Waals surface area contributed by atoms with E-state index >= 15 is 0 Å². The molecule has 2 saturated heterocycles. The van der Waals surface area contributed by atoms with Gasteiger partial charge in [0.05, 0.1) is 5.52 Å². The predicted octanol–water partition coefficient (Wildman–Crippen LogP) is 2.96. The van der Waals surface area contributed by atoms with Gasteiger partial charge in [0.1, 0.15) is 11.9 Å². The van der Waals surface area contributed by atoms with Crippen molar-refractivity contribution in [3.05, 3.63) is 65.7 Å². The summed E-state index contributed by atoms with van der Waals surface area (Å²) in [6.45, 7) is 4.36. The molecule has 2 amide bonds. The van der Waals surface area contributed by atoms with E-state index in [9.17, 15) is 14.7 Å². The number of hydrogen-bond donors (Lipinski definition) is 4. The molecule has 2 aromatic carbocycles. The lowest BCUT2D eigenvalue weighted by Crippen LogP contribution is -2.30. The van der Waals surface area contributed by atoms with Gasteiger partial charge in [-0.1, -0.05) is 17.7 Å². The molecule has 2 fully saturated rings. The van der Waals surface area contributed by atoms with E-state index in [1.807, 2.05) is 54.2 Å². The summed E-state index contributed by atoms with van der Waals surface area (Å²) in [7, 11) is 0. The van der Waals surface area contributed by atoms with E-state index in [0.29, 0.717) is 49.6 Å². The third-order valence-electron chi connectivity index (χ3n) is 7.44. The molecular formula is C28H30N6O4. The number of benzene rings is 2. The van der Waals surface area contributed by atoms with Crippen molar-refractivity contribution in [2.45, 2.75) is 38.3 Å². The van der Waals surface area contributed by atoms with E-state index in [0.717, 1.165) is 35.0 Å². The second-order valence-corrected chi connectivity index (χ2v) is 10.2. The van der Waals surface area contributed by atoms with Crippen molar-refractivity contribution in [2.24, 2.45) is 5.92 Å². The number of rotatable bonds is 7. The van der Waals surface area contributed by atoms with Crippen molar-refractivity contribution in [3.63, 3.8) is 0 Å². The molecule has 6 rings (SSSR count). The van der Waals surface area contributed by atoms with Crippen LogP contribution in [0.1, 0.15) is 40.9 Å². The summed E-state index contributed by atoms with van der Waals surface area (Å²) >= 11 is 0. The molecule has 2 aliphatic rings. The summed E-state index contributed by atoms with van der Waals surface area (Å²) in [6.07, 6.45) is 5.31. The first kappa shape index (κ1) is 24.3. The number of carbonyl (C=O) groups is 2. The SMILES string of the molecule is Cc1cccc(-c2nc(C(=O)Nc3cc4cn(CCC5CCNC5=O)nc4cc3C3(O)CCNC3)co2)c1. The van der Waals surface area contributed by atoms with Gasteiger partial charge in [0.15, 0.2) is 5.69 Å². The van der Waals surface area contributed by atoms with E-state index < -0.39 is 11.5 Å². The predicted molar refractivity (Wildman–Crippen MR) is 141 cm³/mol. The van der Waals surface area contributed by atoms with E-state index in [2.05, 4.69) is 20.9 Å². The van der Waals surface area contributed by atoms with E-state index in [1.54, 1.807) is 0 Å². The minimum absolute atomic E-state index is 0.00477. The maximum Gasteiger partial charge on any atom is 0.277 e. The highest BCUT2D eigenvalue weighted by atomic mass is 16.3. The minimum Gasteiger partial charge on any atom is -0.444 e. The van der Waals surface area contributed by atoms with Crippen molar-refractivity contribution in [2.75, 3.05) is 25.0 Å². The number of aliphatic hydroxyl groups is 1. The molecule has 2 atom stereocenters. The maximum atomic E-state index is 13.2. The van der Waals surface area contributed by atoms with Gasteiger partial charge in [-0.2, -0.15) is 5.10 Å². The summed E-state index contributed by atoms with van der Waals surface area (Å²) in [5.74, 6) is 0.0429. The lowest BCUT2D eigenvalue weighted by Gasteiger charge is -2.25. The Morgan fingerprint density at radius 1 is 1.29 bits per heavy atom. The normalized spacial score (nSPS) is 21.2. The van der Waals surface area contributed by atoms with Crippen LogP contribution < -0.4 is 16.0 Å². The third-order valence-corrected chi connectivity index (χ3v) is 7.44. The quantitative estimate of drug-likeness (QED) is 0.298. The molecule has 2 unspecified atom stereocenters. The van der Waals surface area contributed by atoms with Gasteiger partial charge in [-0.15, -0.1) is 0 Å². The summed E-state index contributed by atoms with van der Waals surface area (Å²) < 4.78 is 7.42. The first-order valence-electron chi connectivity index (χ1n) is 12.9. The van der Waals surface area contributed by atoms with Crippen LogP contribution in [0, 0.1) is 12.8 Å². The molecule has 2 aliphatic heterocycles. The lowest BCUT2D eigenvalue weighted by atomic mass is 9.90. The van der Waals surface area contributed by atoms with Gasteiger partial charge in [0.2, 0.25) is 11.8 Å². The molecule has 0 bridgehead atoms. The van der Waals surface area contributed by atoms with E-state index in [1.165, 1.54) is 6.26 Å². The fourth-order valence-corrected chi connectivity index (χ4v) is 5.32. The van der Waals surface area contributed by atoms with Gasteiger partial charge in [0, 0.05) is 53.9 Å². The molecule has 10 nitrogen and oxygen atoms in total. The number of oxazole rings is 1. The first-order chi connectivity index (χ1) is 18.4. The average molecular weight is 515 g/mol. The fraction of sp³-hybridized carbons (Fsp3) is 0.357. The maximum absolute atomic E-state index is 13.2. The highest BCUT2D eigenvalue weighted by Crippen LogP contribution is 2.36. The zero-order valence-corrected chi connectivity index (χ0v) is 21.2. The van der Waals surface area contributed by atoms with E-state index in [4.69, 9.17) is 9.52 Å². The standard InChI is InChI=1S/C28H30N6O4/c1-17-3-2-4-19(11-17)27-32-24(15-38-27)26(36)31-23-12-20-14-34(10-6-18-5-8-30-25(18)35)33-22(20)13-21(23)28(37)7-9-29-16-28/h2-4,11-15,18,29,37H,5-10,16H2,1H3,(H,30,35)(H,31,36). The number of hydrogen-bond acceptors (Lipinski definition) is 7. The van der Waals surface area contributed by atoms with Crippen LogP contribution >= 0.6 is 0 Å². The number of β-amino-alcohol motifs (C(OH)–C–C–N with tert-alkyl or cyclic N) is 1. The summed E-state index contributed by atoms with van der Waals surface area (Å²) in [5.41, 5.74) is 2.69. The molecule has 10 heteroatoms. The second-order valence-electron chi connectivity index (χ2n) is 10.2. The monoisotopic (exact) mass is 514 g/mol. The first-order valence-corrected chi connectivity index (χ1v) is 12.9. The van der Waals surface area contributed by atoms with Crippen LogP contribution in [0.25, 0.3) is 22.4 Å². The lowest BCUT2D eigenvalue weighted by molar-refractivity contribution is -0.122. The molecule has 2 aromatic heterocycles. The number of amides is 2. The van der Waals surface area contributed by atoms with E-state index in [-0.39, 0.29) is 17.5 Å². The van der Waals surface area contributed by atoms with Crippen LogP contribution in [0.2, 0.25) is 0 Å². The van der Waals surface area contributed by atoms with Crippen molar-refractivity contribution in [1.29, 1.82) is 0 Å². The van der Waals surface area contributed by atoms with Gasteiger partial charge in [-0.3, -0.25) is 14.3 Å². The Morgan fingerprint density at radius 3 is 2.95 bits per heavy atom. The summed E-state index contributed by atoms with van der Waals surface area (Å²) in [6, 6.07) is 11.4. The molecule has 196 valence electrons. The van der Waals surface area contributed by atoms with Gasteiger partial charge < -0.3 is 25.5 Å². The van der Waals surface area contributed by atoms with Gasteiger partial charge in [0.25, 0.3) is 5.91 Å². The Hall–Kier alpha value is -4.02. The van der Waals surface area contributed by atoms with Crippen molar-refractivity contribution < 1.29 is 19.1 Å². The number of anilines is 1. The zero-order valence-electron chi connectivity index (χ0n) is 21.2. The second kappa shape index (κ2) is 9.70. The van der Waals surface area contributed by atoms with Crippen LogP contribution in [-0.4, -0.2) is 51.3 Å². The summed E-state index contributed by atoms with van der Waals surface area (Å²) in [5, 5.41) is 26.0. The summed E-state index contributed by atoms with van der Waals surface area (Å²) in [4.78, 5) is 29.6. The van der Waals surface area contributed by atoms with Crippen molar-refractivity contribution in [3.8, 4) is 11.5 Å². The molecule has 0 radical (unpaired) electrons. The van der Waals surface area contributed by atoms with Crippen LogP contribution in [-0.2, 0) is 16.9 Å². The molecule has 0 spiro atoms. The number of nitrogens with one attached hydrogen (secondary N) is 3. The molecule has 0 saturated carbocycles. The molecule has 0 aliphatic carbocycles. The van der Waals surface area contributed by atoms with Crippen LogP contribution in [0.4, 0.5) is 5.69 Å². The number of carbonyl (C=O) groups excluding carboxylic acids is 2. The van der Waals surface area contributed by atoms with Crippen molar-refractivity contribution in [1.82, 2.24) is 25.4 Å². The topological polar surface area (TPSA) is 134 Å². The Bertz CT molecular complexity index is 1520. The van der Waals surface area contributed by atoms with Gasteiger partial charge >= 0.3 is 0 Å². The van der Waals surface area contributed by atoms with Gasteiger partial charge in [-0.25, -0.2) is 4.98 Å². The minimum atomic E-state index is -1.14. The Kier molecular flexibility index (Phi) is 6.21. The molecule has 4 aromatic rings. The zero-order chi connectivity index (χ0) is 26.3. The number of aryl methyl sites for hydroxylation is 2. The smallest absolute Gasteiger partial charge is 0.277 e. The highest BCUT2D eigenvalue weighted by Gasteiger charge is 2.36. The number of aromatic nitrogens is 3. The number of nitrogens with zero attached hydrogens (tertiary/aromatic N) is 3. The fourth-order valence-electron chi connectivity index (χ4n) is 5.32. The highest BCUT2D eigenvalue weighted by molar-refractivity contribution is 6.04. The molecule has 4 heterocycles. The number of fused-ring (bicyclic) bond motifs is 1. The molecular weight excluding hydrogens is 484 g/mol. The Balaban J connectivity index is 1.28. The van der Waals surface area contributed by atoms with Gasteiger partial charge in [-0.05, 0) is 57.0 Å². The average Bonchev–Trinajstić information content (AvgIpc) is 3.70. The largest absolute Gasteiger partial charge is 0.444 e. The van der Waals surface area contributed by atoms with Crippen molar-refractivity contribution >= 4 is 28.4 Å². The Labute approximate surface area is 219 Å². The molecule has 4 N–H and O–H groups in total. The van der Waals surface area contributed by atoms with Crippen LogP contribution in [0.3, 0.4) is 0 Å².